The van der Waals surface area contributed by atoms with Crippen LogP contribution >= 0.6 is 11.6 Å². The van der Waals surface area contributed by atoms with Crippen LogP contribution in [0.15, 0.2) is 36.4 Å². The lowest BCUT2D eigenvalue weighted by molar-refractivity contribution is 0.342. The first-order valence-corrected chi connectivity index (χ1v) is 6.23. The van der Waals surface area contributed by atoms with Gasteiger partial charge in [-0.15, -0.1) is 0 Å². The van der Waals surface area contributed by atoms with E-state index in [0.717, 1.165) is 0 Å². The van der Waals surface area contributed by atoms with Crippen LogP contribution in [0.5, 0.6) is 5.75 Å². The second kappa shape index (κ2) is 5.80. The van der Waals surface area contributed by atoms with Gasteiger partial charge in [0.05, 0.1) is 28.7 Å². The van der Waals surface area contributed by atoms with E-state index in [0.29, 0.717) is 34.4 Å². The summed E-state index contributed by atoms with van der Waals surface area (Å²) in [6, 6.07) is 9.54. The summed E-state index contributed by atoms with van der Waals surface area (Å²) < 4.78 is 18.4. The lowest BCUT2D eigenvalue weighted by Gasteiger charge is -2.14. The van der Waals surface area contributed by atoms with Gasteiger partial charge >= 0.3 is 0 Å². The van der Waals surface area contributed by atoms with Gasteiger partial charge in [-0.25, -0.2) is 4.39 Å². The summed E-state index contributed by atoms with van der Waals surface area (Å²) in [5, 5.41) is 3.36. The van der Waals surface area contributed by atoms with Crippen LogP contribution in [0.4, 0.5) is 21.5 Å². The predicted octanol–water partition coefficient (Wildman–Crippen LogP) is 4.20. The molecule has 0 fully saturated rings. The Hall–Kier alpha value is -1.94. The van der Waals surface area contributed by atoms with E-state index in [1.54, 1.807) is 18.2 Å². The molecule has 3 N–H and O–H groups in total. The Morgan fingerprint density at radius 2 is 2.05 bits per heavy atom. The zero-order chi connectivity index (χ0) is 13.8. The van der Waals surface area contributed by atoms with Crippen LogP contribution in [-0.2, 0) is 0 Å². The van der Waals surface area contributed by atoms with Gasteiger partial charge in [-0.1, -0.05) is 17.7 Å². The molecule has 0 atom stereocenters. The molecule has 0 aliphatic heterocycles. The summed E-state index contributed by atoms with van der Waals surface area (Å²) in [5.74, 6) is 0.220. The third-order valence-electron chi connectivity index (χ3n) is 2.57. The van der Waals surface area contributed by atoms with Crippen LogP contribution < -0.4 is 15.8 Å². The van der Waals surface area contributed by atoms with Gasteiger partial charge in [-0.3, -0.25) is 0 Å². The molecule has 5 heteroatoms. The summed E-state index contributed by atoms with van der Waals surface area (Å²) in [6.07, 6.45) is 0. The van der Waals surface area contributed by atoms with Crippen molar-refractivity contribution in [3.8, 4) is 5.75 Å². The third-order valence-corrected chi connectivity index (χ3v) is 2.88. The van der Waals surface area contributed by atoms with Crippen LogP contribution in [0.3, 0.4) is 0 Å². The van der Waals surface area contributed by atoms with Crippen molar-refractivity contribution in [2.75, 3.05) is 17.7 Å². The maximum Gasteiger partial charge on any atom is 0.144 e. The standard InChI is InChI=1S/C14H14ClFN2O/c1-2-19-13-5-3-4-12(14(13)17)18-11-7-6-9(16)8-10(11)15/h3-8,18H,2,17H2,1H3. The van der Waals surface area contributed by atoms with Gasteiger partial charge in [0, 0.05) is 0 Å². The average Bonchev–Trinajstić information content (AvgIpc) is 2.37. The minimum atomic E-state index is -0.383. The topological polar surface area (TPSA) is 47.3 Å². The fourth-order valence-corrected chi connectivity index (χ4v) is 1.88. The zero-order valence-electron chi connectivity index (χ0n) is 10.4. The number of nitrogens with two attached hydrogens (primary N) is 1. The van der Waals surface area contributed by atoms with E-state index in [1.165, 1.54) is 12.1 Å². The van der Waals surface area contributed by atoms with E-state index in [4.69, 9.17) is 22.1 Å². The lowest BCUT2D eigenvalue weighted by Crippen LogP contribution is -2.01. The molecule has 100 valence electrons. The Morgan fingerprint density at radius 3 is 2.74 bits per heavy atom. The van der Waals surface area contributed by atoms with Crippen molar-refractivity contribution >= 4 is 28.7 Å². The Bertz CT molecular complexity index is 590. The molecule has 0 bridgehead atoms. The van der Waals surface area contributed by atoms with E-state index in [1.807, 2.05) is 13.0 Å². The van der Waals surface area contributed by atoms with Crippen molar-refractivity contribution in [1.82, 2.24) is 0 Å². The van der Waals surface area contributed by atoms with E-state index < -0.39 is 0 Å². The highest BCUT2D eigenvalue weighted by Gasteiger charge is 2.08. The van der Waals surface area contributed by atoms with E-state index in [-0.39, 0.29) is 5.82 Å². The van der Waals surface area contributed by atoms with Crippen molar-refractivity contribution in [2.45, 2.75) is 6.92 Å². The van der Waals surface area contributed by atoms with Crippen LogP contribution in [0, 0.1) is 5.82 Å². The Labute approximate surface area is 116 Å². The van der Waals surface area contributed by atoms with E-state index in [9.17, 15) is 4.39 Å². The van der Waals surface area contributed by atoms with Gasteiger partial charge in [0.2, 0.25) is 0 Å². The molecule has 0 heterocycles. The van der Waals surface area contributed by atoms with Gasteiger partial charge < -0.3 is 15.8 Å². The number of para-hydroxylation sites is 1. The molecule has 2 aromatic carbocycles. The highest BCUT2D eigenvalue weighted by molar-refractivity contribution is 6.33. The number of hydrogen-bond acceptors (Lipinski definition) is 3. The number of hydrogen-bond donors (Lipinski definition) is 2. The largest absolute Gasteiger partial charge is 0.492 e. The molecule has 3 nitrogen and oxygen atoms in total. The van der Waals surface area contributed by atoms with Crippen LogP contribution in [0.2, 0.25) is 5.02 Å². The third kappa shape index (κ3) is 3.09. The van der Waals surface area contributed by atoms with E-state index >= 15 is 0 Å². The van der Waals surface area contributed by atoms with Crippen LogP contribution in [0.1, 0.15) is 6.92 Å². The smallest absolute Gasteiger partial charge is 0.144 e. The molecule has 2 rings (SSSR count). The maximum atomic E-state index is 13.0. The van der Waals surface area contributed by atoms with Crippen molar-refractivity contribution in [3.63, 3.8) is 0 Å². The summed E-state index contributed by atoms with van der Waals surface area (Å²) in [4.78, 5) is 0. The second-order valence-corrected chi connectivity index (χ2v) is 4.31. The number of halogens is 2. The highest BCUT2D eigenvalue weighted by Crippen LogP contribution is 2.33. The van der Waals surface area contributed by atoms with Gasteiger partial charge in [-0.2, -0.15) is 0 Å². The molecule has 0 unspecified atom stereocenters. The minimum absolute atomic E-state index is 0.293. The zero-order valence-corrected chi connectivity index (χ0v) is 11.2. The highest BCUT2D eigenvalue weighted by atomic mass is 35.5. The maximum absolute atomic E-state index is 13.0. The lowest BCUT2D eigenvalue weighted by atomic mass is 10.2. The number of nitrogens with one attached hydrogen (secondary N) is 1. The van der Waals surface area contributed by atoms with Gasteiger partial charge in [0.25, 0.3) is 0 Å². The molecular formula is C14H14ClFN2O. The molecule has 0 saturated heterocycles. The number of rotatable bonds is 4. The van der Waals surface area contributed by atoms with Crippen molar-refractivity contribution < 1.29 is 9.13 Å². The van der Waals surface area contributed by atoms with Crippen molar-refractivity contribution in [2.24, 2.45) is 0 Å². The van der Waals surface area contributed by atoms with Gasteiger partial charge in [-0.05, 0) is 37.3 Å². The minimum Gasteiger partial charge on any atom is -0.492 e. The molecule has 19 heavy (non-hydrogen) atoms. The Balaban J connectivity index is 2.30. The quantitative estimate of drug-likeness (QED) is 0.825. The van der Waals surface area contributed by atoms with Crippen molar-refractivity contribution in [3.05, 3.63) is 47.2 Å². The second-order valence-electron chi connectivity index (χ2n) is 3.90. The molecule has 0 spiro atoms. The summed E-state index contributed by atoms with van der Waals surface area (Å²) in [7, 11) is 0. The average molecular weight is 281 g/mol. The van der Waals surface area contributed by atoms with Crippen molar-refractivity contribution in [1.29, 1.82) is 0 Å². The number of nitrogen functional groups attached to an aromatic ring is 1. The predicted molar refractivity (Wildman–Crippen MR) is 76.7 cm³/mol. The number of ether oxygens (including phenoxy) is 1. The Morgan fingerprint density at radius 1 is 1.26 bits per heavy atom. The molecule has 0 aliphatic carbocycles. The van der Waals surface area contributed by atoms with Gasteiger partial charge in [0.1, 0.15) is 11.6 Å². The molecular weight excluding hydrogens is 267 g/mol. The Kier molecular flexibility index (Phi) is 4.12. The number of benzene rings is 2. The monoisotopic (exact) mass is 280 g/mol. The molecule has 0 aromatic heterocycles. The van der Waals surface area contributed by atoms with Crippen LogP contribution in [0.25, 0.3) is 0 Å². The summed E-state index contributed by atoms with van der Waals surface area (Å²) in [6.45, 7) is 2.42. The molecule has 0 saturated carbocycles. The fourth-order valence-electron chi connectivity index (χ4n) is 1.67. The first-order valence-electron chi connectivity index (χ1n) is 5.85. The summed E-state index contributed by atoms with van der Waals surface area (Å²) >= 11 is 5.96. The first kappa shape index (κ1) is 13.5. The molecule has 0 aliphatic rings. The molecule has 0 radical (unpaired) electrons. The van der Waals surface area contributed by atoms with Gasteiger partial charge in [0.15, 0.2) is 0 Å². The first-order chi connectivity index (χ1) is 9.11. The normalized spacial score (nSPS) is 10.3. The van der Waals surface area contributed by atoms with Crippen LogP contribution in [-0.4, -0.2) is 6.61 Å². The molecule has 2 aromatic rings. The summed E-state index contributed by atoms with van der Waals surface area (Å²) in [5.41, 5.74) is 7.74. The fraction of sp³-hybridized carbons (Fsp3) is 0.143. The number of anilines is 3. The van der Waals surface area contributed by atoms with E-state index in [2.05, 4.69) is 5.32 Å². The molecule has 0 amide bonds. The SMILES string of the molecule is CCOc1cccc(Nc2ccc(F)cc2Cl)c1N.